The quantitative estimate of drug-likeness (QED) is 0.0593. The van der Waals surface area contributed by atoms with Crippen molar-refractivity contribution in [2.75, 3.05) is 12.3 Å². The van der Waals surface area contributed by atoms with E-state index in [2.05, 4.69) is 31.0 Å². The standard InChI is InChI=1S/C35H50BN3O10S2/c1-11-12-15-43-27(40)25-21(44-30(41)46-32(2,3)4)14-13-19(26(25)45-31(42)47-33(5,6)7)16-24(50-29-39-38-28(37)51-29)36-48-23-18-20-17-22(34(20,8)9)35(23,10)49-36/h13-14,20,22-24H,11-12,15-18H2,1-10H3,(H2,37,38)/t20?,22?,23?,24-,35-/m0/s1. The van der Waals surface area contributed by atoms with Gasteiger partial charge < -0.3 is 38.7 Å². The van der Waals surface area contributed by atoms with Crippen molar-refractivity contribution in [3.63, 3.8) is 0 Å². The number of thioether (sulfide) groups is 1. The third-order valence-corrected chi connectivity index (χ3v) is 11.7. The fraction of sp³-hybridized carbons (Fsp3) is 0.686. The van der Waals surface area contributed by atoms with Gasteiger partial charge in [-0.05, 0) is 103 Å². The molecule has 0 amide bonds. The topological polar surface area (TPSA) is 168 Å². The summed E-state index contributed by atoms with van der Waals surface area (Å²) in [5, 5.41) is 8.07. The van der Waals surface area contributed by atoms with Crippen LogP contribution in [0, 0.1) is 17.3 Å². The van der Waals surface area contributed by atoms with Crippen LogP contribution in [0.25, 0.3) is 0 Å². The fourth-order valence-electron chi connectivity index (χ4n) is 7.12. The van der Waals surface area contributed by atoms with Crippen LogP contribution in [-0.4, -0.2) is 70.3 Å². The molecule has 3 aliphatic carbocycles. The molecule has 2 bridgehead atoms. The number of carbonyl (C=O) groups is 3. The Bertz CT molecular complexity index is 1620. The van der Waals surface area contributed by atoms with Crippen molar-refractivity contribution < 1.29 is 47.4 Å². The Morgan fingerprint density at radius 2 is 1.71 bits per heavy atom. The first-order chi connectivity index (χ1) is 23.7. The lowest BCUT2D eigenvalue weighted by Gasteiger charge is -2.64. The average Bonchev–Trinajstić information content (AvgIpc) is 3.57. The minimum absolute atomic E-state index is 0.0937. The van der Waals surface area contributed by atoms with Crippen molar-refractivity contribution in [1.29, 1.82) is 0 Å². The van der Waals surface area contributed by atoms with E-state index in [-0.39, 0.29) is 41.6 Å². The Morgan fingerprint density at radius 3 is 2.29 bits per heavy atom. The summed E-state index contributed by atoms with van der Waals surface area (Å²) in [5.74, 6) is -0.370. The number of hydrogen-bond acceptors (Lipinski definition) is 15. The molecule has 4 aliphatic rings. The molecule has 13 nitrogen and oxygen atoms in total. The van der Waals surface area contributed by atoms with Gasteiger partial charge in [0.25, 0.3) is 0 Å². The van der Waals surface area contributed by atoms with Crippen molar-refractivity contribution in [2.45, 2.75) is 134 Å². The summed E-state index contributed by atoms with van der Waals surface area (Å²) in [6, 6.07) is 3.07. The molecule has 2 aromatic rings. The van der Waals surface area contributed by atoms with Gasteiger partial charge in [-0.15, -0.1) is 10.2 Å². The number of nitrogen functional groups attached to an aromatic ring is 1. The van der Waals surface area contributed by atoms with E-state index in [1.807, 2.05) is 6.92 Å². The second kappa shape index (κ2) is 14.7. The highest BCUT2D eigenvalue weighted by atomic mass is 32.2. The molecule has 1 aromatic carbocycles. The summed E-state index contributed by atoms with van der Waals surface area (Å²) in [6.45, 7) is 18.9. The van der Waals surface area contributed by atoms with Gasteiger partial charge in [-0.1, -0.05) is 56.4 Å². The van der Waals surface area contributed by atoms with Crippen LogP contribution < -0.4 is 15.2 Å². The van der Waals surface area contributed by atoms with Gasteiger partial charge in [0.15, 0.2) is 15.8 Å². The molecule has 280 valence electrons. The monoisotopic (exact) mass is 747 g/mol. The number of aromatic nitrogens is 2. The third kappa shape index (κ3) is 8.94. The van der Waals surface area contributed by atoms with Crippen molar-refractivity contribution in [1.82, 2.24) is 10.2 Å². The molecule has 51 heavy (non-hydrogen) atoms. The predicted molar refractivity (Wildman–Crippen MR) is 193 cm³/mol. The number of rotatable bonds is 11. The summed E-state index contributed by atoms with van der Waals surface area (Å²) in [4.78, 5) is 40.0. The van der Waals surface area contributed by atoms with Crippen molar-refractivity contribution >= 4 is 53.6 Å². The largest absolute Gasteiger partial charge is 0.514 e. The van der Waals surface area contributed by atoms with Gasteiger partial charge in [0.05, 0.1) is 23.5 Å². The highest BCUT2D eigenvalue weighted by molar-refractivity contribution is 8.02. The second-order valence-electron chi connectivity index (χ2n) is 16.2. The van der Waals surface area contributed by atoms with Gasteiger partial charge in [-0.3, -0.25) is 0 Å². The number of hydrogen-bond donors (Lipinski definition) is 1. The first kappa shape index (κ1) is 39.1. The Morgan fingerprint density at radius 1 is 1.04 bits per heavy atom. The van der Waals surface area contributed by atoms with Crippen LogP contribution in [-0.2, 0) is 29.9 Å². The Balaban J connectivity index is 1.57. The summed E-state index contributed by atoms with van der Waals surface area (Å²) in [5.41, 5.74) is 3.94. The first-order valence-electron chi connectivity index (χ1n) is 17.4. The molecule has 1 saturated heterocycles. The molecule has 1 aromatic heterocycles. The molecular formula is C35H50BN3O10S2. The van der Waals surface area contributed by atoms with E-state index < -0.39 is 47.4 Å². The van der Waals surface area contributed by atoms with Gasteiger partial charge in [-0.2, -0.15) is 0 Å². The van der Waals surface area contributed by atoms with Crippen LogP contribution >= 0.6 is 23.1 Å². The number of carbonyl (C=O) groups excluding carboxylic acids is 3. The minimum Gasteiger partial charge on any atom is -0.462 e. The van der Waals surface area contributed by atoms with Crippen LogP contribution in [0.2, 0.25) is 0 Å². The molecule has 4 fully saturated rings. The molecule has 3 saturated carbocycles. The number of benzene rings is 1. The van der Waals surface area contributed by atoms with Gasteiger partial charge in [-0.25, -0.2) is 14.4 Å². The molecule has 5 atom stereocenters. The SMILES string of the molecule is CCCCOC(=O)c1c(OC(=O)OC(C)(C)C)ccc(C[C@H](Sc2nnc(N)s2)B2OC3CC4CC(C4(C)C)[C@]3(C)O2)c1OC(=O)OC(C)(C)C. The van der Waals surface area contributed by atoms with Crippen LogP contribution in [0.15, 0.2) is 16.5 Å². The minimum atomic E-state index is -1.06. The van der Waals surface area contributed by atoms with Crippen LogP contribution in [0.5, 0.6) is 11.5 Å². The number of nitrogens with zero attached hydrogens (tertiary/aromatic N) is 2. The second-order valence-corrected chi connectivity index (χ2v) is 18.6. The van der Waals surface area contributed by atoms with Crippen molar-refractivity contribution in [3.05, 3.63) is 23.3 Å². The maximum atomic E-state index is 13.8. The predicted octanol–water partition coefficient (Wildman–Crippen LogP) is 7.68. The summed E-state index contributed by atoms with van der Waals surface area (Å²) in [6.07, 6.45) is 1.28. The van der Waals surface area contributed by atoms with Gasteiger partial charge in [0.1, 0.15) is 16.8 Å². The normalized spacial score (nSPS) is 24.2. The smallest absolute Gasteiger partial charge is 0.462 e. The molecule has 3 unspecified atom stereocenters. The lowest BCUT2D eigenvalue weighted by atomic mass is 9.43. The highest BCUT2D eigenvalue weighted by Crippen LogP contribution is 2.66. The average molecular weight is 748 g/mol. The molecule has 2 N–H and O–H groups in total. The zero-order chi connectivity index (χ0) is 37.5. The van der Waals surface area contributed by atoms with E-state index in [9.17, 15) is 14.4 Å². The van der Waals surface area contributed by atoms with Crippen LogP contribution in [0.3, 0.4) is 0 Å². The van der Waals surface area contributed by atoms with E-state index in [4.69, 9.17) is 38.7 Å². The number of ether oxygens (including phenoxy) is 5. The Kier molecular flexibility index (Phi) is 11.3. The summed E-state index contributed by atoms with van der Waals surface area (Å²) >= 11 is 2.60. The number of esters is 1. The molecule has 6 rings (SSSR count). The van der Waals surface area contributed by atoms with Gasteiger partial charge >= 0.3 is 25.4 Å². The summed E-state index contributed by atoms with van der Waals surface area (Å²) < 4.78 is 42.1. The zero-order valence-corrected chi connectivity index (χ0v) is 32.8. The third-order valence-electron chi connectivity index (χ3n) is 9.66. The fourth-order valence-corrected chi connectivity index (χ4v) is 9.13. The van der Waals surface area contributed by atoms with Crippen molar-refractivity contribution in [3.8, 4) is 11.5 Å². The van der Waals surface area contributed by atoms with E-state index >= 15 is 0 Å². The summed E-state index contributed by atoms with van der Waals surface area (Å²) in [7, 11) is -0.697. The number of anilines is 1. The maximum absolute atomic E-state index is 13.8. The van der Waals surface area contributed by atoms with E-state index in [1.54, 1.807) is 47.6 Å². The van der Waals surface area contributed by atoms with Crippen molar-refractivity contribution in [2.24, 2.45) is 17.3 Å². The molecule has 0 radical (unpaired) electrons. The highest BCUT2D eigenvalue weighted by Gasteiger charge is 2.68. The first-order valence-corrected chi connectivity index (χ1v) is 19.1. The Hall–Kier alpha value is -3.08. The van der Waals surface area contributed by atoms with E-state index in [0.717, 1.165) is 19.3 Å². The molecule has 0 spiro atoms. The molecule has 16 heteroatoms. The lowest BCUT2D eigenvalue weighted by Crippen LogP contribution is -2.65. The number of unbranched alkanes of at least 4 members (excludes halogenated alkanes) is 1. The van der Waals surface area contributed by atoms with E-state index in [1.165, 1.54) is 29.2 Å². The van der Waals surface area contributed by atoms with Gasteiger partial charge in [0, 0.05) is 0 Å². The van der Waals surface area contributed by atoms with Gasteiger partial charge in [0.2, 0.25) is 5.13 Å². The lowest BCUT2D eigenvalue weighted by molar-refractivity contribution is -0.199. The maximum Gasteiger partial charge on any atom is 0.514 e. The van der Waals surface area contributed by atoms with Crippen LogP contribution in [0.1, 0.15) is 111 Å². The van der Waals surface area contributed by atoms with Crippen LogP contribution in [0.4, 0.5) is 14.7 Å². The molecular weight excluding hydrogens is 697 g/mol. The number of nitrogens with two attached hydrogens (primary N) is 1. The zero-order valence-electron chi connectivity index (χ0n) is 31.2. The Labute approximate surface area is 308 Å². The molecule has 2 heterocycles. The van der Waals surface area contributed by atoms with E-state index in [0.29, 0.717) is 33.3 Å². The molecule has 1 aliphatic heterocycles.